The molecule has 0 amide bonds. The molecule has 0 aliphatic heterocycles. The molecule has 4 N–H and O–H groups in total. The van der Waals surface area contributed by atoms with Gasteiger partial charge in [0.15, 0.2) is 5.84 Å². The van der Waals surface area contributed by atoms with Gasteiger partial charge < -0.3 is 11.6 Å². The van der Waals surface area contributed by atoms with Crippen LogP contribution in [-0.4, -0.2) is 5.84 Å². The highest BCUT2D eigenvalue weighted by molar-refractivity contribution is 7.17. The monoisotopic (exact) mass is 217 g/mol. The summed E-state index contributed by atoms with van der Waals surface area (Å²) < 4.78 is 0. The average molecular weight is 217 g/mol. The number of hydrazone groups is 1. The summed E-state index contributed by atoms with van der Waals surface area (Å²) in [5, 5.41) is 3.47. The number of hydrogen-bond acceptors (Lipinski definition) is 3. The first kappa shape index (κ1) is 9.73. The molecule has 1 heterocycles. The van der Waals surface area contributed by atoms with Crippen LogP contribution in [0.2, 0.25) is 0 Å². The highest BCUT2D eigenvalue weighted by atomic mass is 32.1. The zero-order valence-corrected chi connectivity index (χ0v) is 8.87. The normalized spacial score (nSPS) is 11.6. The van der Waals surface area contributed by atoms with Crippen molar-refractivity contribution in [2.24, 2.45) is 16.7 Å². The van der Waals surface area contributed by atoms with E-state index in [4.69, 9.17) is 11.6 Å². The molecule has 1 aromatic carbocycles. The number of thiophene rings is 1. The molecule has 0 spiro atoms. The van der Waals surface area contributed by atoms with Gasteiger partial charge in [0.25, 0.3) is 0 Å². The first-order valence-electron chi connectivity index (χ1n) is 4.50. The summed E-state index contributed by atoms with van der Waals surface area (Å²) in [6.07, 6.45) is 0. The van der Waals surface area contributed by atoms with E-state index in [-0.39, 0.29) is 0 Å². The fourth-order valence-electron chi connectivity index (χ4n) is 1.30. The molecule has 0 unspecified atom stereocenters. The topological polar surface area (TPSA) is 64.4 Å². The fourth-order valence-corrected chi connectivity index (χ4v) is 2.22. The number of nitrogens with two attached hydrogens (primary N) is 2. The summed E-state index contributed by atoms with van der Waals surface area (Å²) in [6.45, 7) is 0. The first-order chi connectivity index (χ1) is 7.31. The number of benzene rings is 1. The van der Waals surface area contributed by atoms with E-state index in [2.05, 4.69) is 17.2 Å². The number of rotatable bonds is 2. The summed E-state index contributed by atoms with van der Waals surface area (Å²) >= 11 is 1.58. The van der Waals surface area contributed by atoms with Crippen LogP contribution in [0.1, 0.15) is 4.88 Å². The average Bonchev–Trinajstić information content (AvgIpc) is 2.78. The molecule has 1 aromatic heterocycles. The smallest absolute Gasteiger partial charge is 0.160 e. The van der Waals surface area contributed by atoms with Crippen molar-refractivity contribution in [3.8, 4) is 10.4 Å². The summed E-state index contributed by atoms with van der Waals surface area (Å²) in [5.41, 5.74) is 6.80. The Morgan fingerprint density at radius 3 is 2.47 bits per heavy atom. The summed E-state index contributed by atoms with van der Waals surface area (Å²) in [4.78, 5) is 2.06. The molecule has 0 fully saturated rings. The maximum Gasteiger partial charge on any atom is 0.160 e. The summed E-state index contributed by atoms with van der Waals surface area (Å²) in [5.74, 6) is 5.50. The van der Waals surface area contributed by atoms with Gasteiger partial charge in [-0.25, -0.2) is 0 Å². The van der Waals surface area contributed by atoms with E-state index in [1.54, 1.807) is 11.3 Å². The van der Waals surface area contributed by atoms with Crippen molar-refractivity contribution in [2.45, 2.75) is 0 Å². The van der Waals surface area contributed by atoms with Gasteiger partial charge in [-0.3, -0.25) is 0 Å². The lowest BCUT2D eigenvalue weighted by Crippen LogP contribution is -2.13. The van der Waals surface area contributed by atoms with Crippen LogP contribution in [0.25, 0.3) is 10.4 Å². The molecule has 2 rings (SSSR count). The van der Waals surface area contributed by atoms with Crippen LogP contribution in [0.4, 0.5) is 0 Å². The van der Waals surface area contributed by atoms with Gasteiger partial charge in [0.05, 0.1) is 4.88 Å². The molecule has 4 heteroatoms. The number of hydrogen-bond donors (Lipinski definition) is 2. The largest absolute Gasteiger partial charge is 0.381 e. The van der Waals surface area contributed by atoms with Gasteiger partial charge in [-0.1, -0.05) is 30.3 Å². The van der Waals surface area contributed by atoms with Crippen molar-refractivity contribution in [1.82, 2.24) is 0 Å². The Balaban J connectivity index is 2.36. The lowest BCUT2D eigenvalue weighted by Gasteiger charge is -1.95. The van der Waals surface area contributed by atoms with Crippen molar-refractivity contribution >= 4 is 17.2 Å². The van der Waals surface area contributed by atoms with Crippen LogP contribution in [-0.2, 0) is 0 Å². The Kier molecular flexibility index (Phi) is 2.69. The lowest BCUT2D eigenvalue weighted by molar-refractivity contribution is 1.23. The first-order valence-corrected chi connectivity index (χ1v) is 5.32. The third-order valence-electron chi connectivity index (χ3n) is 2.06. The SMILES string of the molecule is NN=C(N)c1ccc(-c2ccccc2)s1. The predicted octanol–water partition coefficient (Wildman–Crippen LogP) is 1.99. The van der Waals surface area contributed by atoms with Gasteiger partial charge in [0, 0.05) is 4.88 Å². The molecule has 76 valence electrons. The van der Waals surface area contributed by atoms with Crippen molar-refractivity contribution in [2.75, 3.05) is 0 Å². The molecule has 2 aromatic rings. The Labute approximate surface area is 92.0 Å². The second-order valence-corrected chi connectivity index (χ2v) is 4.13. The van der Waals surface area contributed by atoms with E-state index in [0.29, 0.717) is 5.84 Å². The van der Waals surface area contributed by atoms with Gasteiger partial charge in [0.2, 0.25) is 0 Å². The minimum absolute atomic E-state index is 0.377. The molecule has 0 aliphatic carbocycles. The van der Waals surface area contributed by atoms with E-state index in [1.807, 2.05) is 30.3 Å². The van der Waals surface area contributed by atoms with E-state index in [0.717, 1.165) is 9.75 Å². The molecule has 0 saturated heterocycles. The summed E-state index contributed by atoms with van der Waals surface area (Å²) in [7, 11) is 0. The van der Waals surface area contributed by atoms with Crippen LogP contribution in [0.3, 0.4) is 0 Å². The van der Waals surface area contributed by atoms with Gasteiger partial charge in [-0.2, -0.15) is 5.10 Å². The van der Waals surface area contributed by atoms with Crippen LogP contribution >= 0.6 is 11.3 Å². The Morgan fingerprint density at radius 2 is 1.80 bits per heavy atom. The molecule has 3 nitrogen and oxygen atoms in total. The molecular weight excluding hydrogens is 206 g/mol. The van der Waals surface area contributed by atoms with Gasteiger partial charge >= 0.3 is 0 Å². The van der Waals surface area contributed by atoms with E-state index in [1.165, 1.54) is 5.56 Å². The van der Waals surface area contributed by atoms with Gasteiger partial charge in [0.1, 0.15) is 0 Å². The van der Waals surface area contributed by atoms with Crippen LogP contribution in [0, 0.1) is 0 Å². The Hall–Kier alpha value is -1.81. The molecule has 0 aliphatic rings. The maximum atomic E-state index is 5.62. The molecule has 0 bridgehead atoms. The van der Waals surface area contributed by atoms with Crippen LogP contribution in [0.5, 0.6) is 0 Å². The number of nitrogens with zero attached hydrogens (tertiary/aromatic N) is 1. The maximum absolute atomic E-state index is 5.62. The van der Waals surface area contributed by atoms with E-state index < -0.39 is 0 Å². The number of amidine groups is 1. The molecular formula is C11H11N3S. The Bertz CT molecular complexity index is 474. The summed E-state index contributed by atoms with van der Waals surface area (Å²) in [6, 6.07) is 14.1. The molecule has 0 saturated carbocycles. The fraction of sp³-hybridized carbons (Fsp3) is 0. The highest BCUT2D eigenvalue weighted by Gasteiger charge is 2.04. The third kappa shape index (κ3) is 1.99. The second kappa shape index (κ2) is 4.14. The standard InChI is InChI=1S/C11H11N3S/c12-11(14-13)10-7-6-9(15-10)8-4-2-1-3-5-8/h1-7H,13H2,(H2,12,14). The molecule has 0 radical (unpaired) electrons. The second-order valence-electron chi connectivity index (χ2n) is 3.04. The van der Waals surface area contributed by atoms with Crippen LogP contribution in [0.15, 0.2) is 47.6 Å². The minimum Gasteiger partial charge on any atom is -0.381 e. The lowest BCUT2D eigenvalue weighted by atomic mass is 10.2. The predicted molar refractivity (Wildman–Crippen MR) is 64.7 cm³/mol. The quantitative estimate of drug-likeness (QED) is 0.350. The van der Waals surface area contributed by atoms with Crippen molar-refractivity contribution in [3.05, 3.63) is 47.3 Å². The van der Waals surface area contributed by atoms with Crippen LogP contribution < -0.4 is 11.6 Å². The Morgan fingerprint density at radius 1 is 1.07 bits per heavy atom. The van der Waals surface area contributed by atoms with Gasteiger partial charge in [-0.05, 0) is 17.7 Å². The highest BCUT2D eigenvalue weighted by Crippen LogP contribution is 2.27. The third-order valence-corrected chi connectivity index (χ3v) is 3.21. The van der Waals surface area contributed by atoms with Crippen molar-refractivity contribution in [3.63, 3.8) is 0 Å². The van der Waals surface area contributed by atoms with E-state index >= 15 is 0 Å². The van der Waals surface area contributed by atoms with Crippen molar-refractivity contribution in [1.29, 1.82) is 0 Å². The zero-order chi connectivity index (χ0) is 10.7. The minimum atomic E-state index is 0.377. The molecule has 0 atom stereocenters. The van der Waals surface area contributed by atoms with E-state index in [9.17, 15) is 0 Å². The van der Waals surface area contributed by atoms with Crippen molar-refractivity contribution < 1.29 is 0 Å². The van der Waals surface area contributed by atoms with Gasteiger partial charge in [-0.15, -0.1) is 11.3 Å². The zero-order valence-electron chi connectivity index (χ0n) is 8.05. The molecule has 15 heavy (non-hydrogen) atoms.